The molecule has 0 bridgehead atoms. The van der Waals surface area contributed by atoms with Crippen LogP contribution in [-0.2, 0) is 4.79 Å². The first kappa shape index (κ1) is 15.3. The van der Waals surface area contributed by atoms with E-state index in [-0.39, 0.29) is 11.8 Å². The first-order valence-electron chi connectivity index (χ1n) is 8.01. The normalized spacial score (nSPS) is 31.0. The minimum absolute atomic E-state index is 0.144. The fraction of sp³-hybridized carbons (Fsp3) is 0.706. The lowest BCUT2D eigenvalue weighted by Gasteiger charge is -2.32. The van der Waals surface area contributed by atoms with Crippen molar-refractivity contribution in [1.29, 1.82) is 0 Å². The summed E-state index contributed by atoms with van der Waals surface area (Å²) in [5, 5.41) is 2.85. The van der Waals surface area contributed by atoms with Crippen molar-refractivity contribution in [2.24, 2.45) is 23.5 Å². The molecule has 1 fully saturated rings. The van der Waals surface area contributed by atoms with Gasteiger partial charge in [0.25, 0.3) is 0 Å². The molecule has 20 heavy (non-hydrogen) atoms. The van der Waals surface area contributed by atoms with Crippen molar-refractivity contribution in [2.45, 2.75) is 51.0 Å². The Kier molecular flexibility index (Phi) is 5.84. The molecule has 0 radical (unpaired) electrons. The van der Waals surface area contributed by atoms with E-state index in [4.69, 9.17) is 5.73 Å². The van der Waals surface area contributed by atoms with Crippen LogP contribution in [0.4, 0.5) is 0 Å². The van der Waals surface area contributed by atoms with Gasteiger partial charge in [0.15, 0.2) is 0 Å². The second-order valence-corrected chi connectivity index (χ2v) is 6.29. The van der Waals surface area contributed by atoms with Crippen LogP contribution in [0.15, 0.2) is 24.3 Å². The number of hydrogen-bond acceptors (Lipinski definition) is 2. The predicted octanol–water partition coefficient (Wildman–Crippen LogP) is 2.78. The standard InChI is InChI=1S/C17H28N2O/c1-19-17(20)16(14-8-5-9-15(18)12-14)11-10-13-6-3-2-4-7-13/h2-4,6,13-16H,5,7-12,18H2,1H3,(H,19,20). The van der Waals surface area contributed by atoms with E-state index in [2.05, 4.69) is 29.6 Å². The zero-order valence-corrected chi connectivity index (χ0v) is 12.6. The van der Waals surface area contributed by atoms with Crippen molar-refractivity contribution in [2.75, 3.05) is 7.05 Å². The minimum Gasteiger partial charge on any atom is -0.359 e. The third-order valence-corrected chi connectivity index (χ3v) is 4.83. The lowest BCUT2D eigenvalue weighted by molar-refractivity contribution is -0.127. The van der Waals surface area contributed by atoms with Gasteiger partial charge >= 0.3 is 0 Å². The van der Waals surface area contributed by atoms with Crippen molar-refractivity contribution >= 4 is 5.91 Å². The third-order valence-electron chi connectivity index (χ3n) is 4.83. The highest BCUT2D eigenvalue weighted by atomic mass is 16.1. The molecule has 0 saturated heterocycles. The van der Waals surface area contributed by atoms with Gasteiger partial charge in [-0.1, -0.05) is 30.7 Å². The van der Waals surface area contributed by atoms with E-state index >= 15 is 0 Å². The Morgan fingerprint density at radius 3 is 2.90 bits per heavy atom. The van der Waals surface area contributed by atoms with Gasteiger partial charge in [-0.2, -0.15) is 0 Å². The molecule has 4 unspecified atom stereocenters. The SMILES string of the molecule is CNC(=O)C(CCC1C=CC=CC1)C1CCCC(N)C1. The monoisotopic (exact) mass is 276 g/mol. The molecule has 0 aromatic heterocycles. The number of nitrogens with one attached hydrogen (secondary N) is 1. The van der Waals surface area contributed by atoms with E-state index < -0.39 is 0 Å². The molecule has 2 rings (SSSR count). The first-order chi connectivity index (χ1) is 9.70. The van der Waals surface area contributed by atoms with Crippen LogP contribution in [0.25, 0.3) is 0 Å². The van der Waals surface area contributed by atoms with Crippen LogP contribution in [0.2, 0.25) is 0 Å². The van der Waals surface area contributed by atoms with Crippen molar-refractivity contribution in [3.8, 4) is 0 Å². The minimum atomic E-state index is 0.144. The summed E-state index contributed by atoms with van der Waals surface area (Å²) in [7, 11) is 1.75. The maximum Gasteiger partial charge on any atom is 0.223 e. The number of rotatable bonds is 5. The van der Waals surface area contributed by atoms with E-state index in [1.54, 1.807) is 7.05 Å². The van der Waals surface area contributed by atoms with E-state index in [1.165, 1.54) is 6.42 Å². The topological polar surface area (TPSA) is 55.1 Å². The molecule has 1 amide bonds. The average molecular weight is 276 g/mol. The molecule has 3 heteroatoms. The maximum absolute atomic E-state index is 12.2. The molecule has 0 aromatic rings. The second kappa shape index (κ2) is 7.63. The number of amides is 1. The Morgan fingerprint density at radius 2 is 2.25 bits per heavy atom. The van der Waals surface area contributed by atoms with E-state index in [9.17, 15) is 4.79 Å². The summed E-state index contributed by atoms with van der Waals surface area (Å²) in [4.78, 5) is 12.2. The van der Waals surface area contributed by atoms with Gasteiger partial charge in [-0.25, -0.2) is 0 Å². The second-order valence-electron chi connectivity index (χ2n) is 6.29. The maximum atomic E-state index is 12.2. The summed E-state index contributed by atoms with van der Waals surface area (Å²) in [6.45, 7) is 0. The van der Waals surface area contributed by atoms with Gasteiger partial charge in [-0.3, -0.25) is 4.79 Å². The molecule has 112 valence electrons. The molecule has 0 spiro atoms. The number of hydrogen-bond donors (Lipinski definition) is 2. The molecule has 2 aliphatic carbocycles. The van der Waals surface area contributed by atoms with E-state index in [0.717, 1.165) is 38.5 Å². The van der Waals surface area contributed by atoms with Gasteiger partial charge in [-0.15, -0.1) is 0 Å². The largest absolute Gasteiger partial charge is 0.359 e. The molecule has 4 atom stereocenters. The fourth-order valence-electron chi connectivity index (χ4n) is 3.64. The van der Waals surface area contributed by atoms with Crippen LogP contribution in [0.1, 0.15) is 44.9 Å². The molecule has 1 saturated carbocycles. The van der Waals surface area contributed by atoms with Crippen molar-refractivity contribution < 1.29 is 4.79 Å². The Labute approximate surface area is 122 Å². The zero-order valence-electron chi connectivity index (χ0n) is 12.6. The molecular formula is C17H28N2O. The molecule has 0 aromatic carbocycles. The van der Waals surface area contributed by atoms with Crippen molar-refractivity contribution in [1.82, 2.24) is 5.32 Å². The first-order valence-corrected chi connectivity index (χ1v) is 8.01. The van der Waals surface area contributed by atoms with Gasteiger partial charge < -0.3 is 11.1 Å². The Bertz CT molecular complexity index is 375. The number of nitrogens with two attached hydrogens (primary N) is 1. The molecule has 2 aliphatic rings. The van der Waals surface area contributed by atoms with E-state index in [1.807, 2.05) is 0 Å². The lowest BCUT2D eigenvalue weighted by Crippen LogP contribution is -2.38. The highest BCUT2D eigenvalue weighted by Crippen LogP contribution is 2.33. The van der Waals surface area contributed by atoms with Crippen molar-refractivity contribution in [3.05, 3.63) is 24.3 Å². The summed E-state index contributed by atoms with van der Waals surface area (Å²) < 4.78 is 0. The average Bonchev–Trinajstić information content (AvgIpc) is 2.48. The quantitative estimate of drug-likeness (QED) is 0.811. The Morgan fingerprint density at radius 1 is 1.40 bits per heavy atom. The summed E-state index contributed by atoms with van der Waals surface area (Å²) in [5.41, 5.74) is 6.09. The summed E-state index contributed by atoms with van der Waals surface area (Å²) in [6.07, 6.45) is 16.4. The van der Waals surface area contributed by atoms with Crippen LogP contribution >= 0.6 is 0 Å². The Balaban J connectivity index is 1.91. The van der Waals surface area contributed by atoms with Gasteiger partial charge in [0.05, 0.1) is 0 Å². The van der Waals surface area contributed by atoms with E-state index in [0.29, 0.717) is 17.9 Å². The molecule has 0 heterocycles. The fourth-order valence-corrected chi connectivity index (χ4v) is 3.64. The molecule has 0 aliphatic heterocycles. The summed E-state index contributed by atoms with van der Waals surface area (Å²) >= 11 is 0. The number of allylic oxidation sites excluding steroid dienone is 4. The zero-order chi connectivity index (χ0) is 14.4. The summed E-state index contributed by atoms with van der Waals surface area (Å²) in [6, 6.07) is 0.290. The van der Waals surface area contributed by atoms with Gasteiger partial charge in [0, 0.05) is 19.0 Å². The number of carbonyl (C=O) groups is 1. The highest BCUT2D eigenvalue weighted by molar-refractivity contribution is 5.78. The highest BCUT2D eigenvalue weighted by Gasteiger charge is 2.31. The number of carbonyl (C=O) groups excluding carboxylic acids is 1. The molecule has 3 N–H and O–H groups in total. The summed E-state index contributed by atoms with van der Waals surface area (Å²) in [5.74, 6) is 1.43. The van der Waals surface area contributed by atoms with Gasteiger partial charge in [0.1, 0.15) is 0 Å². The molecular weight excluding hydrogens is 248 g/mol. The third kappa shape index (κ3) is 4.20. The van der Waals surface area contributed by atoms with Gasteiger partial charge in [0.2, 0.25) is 5.91 Å². The van der Waals surface area contributed by atoms with Crippen LogP contribution in [-0.4, -0.2) is 19.0 Å². The smallest absolute Gasteiger partial charge is 0.223 e. The molecule has 3 nitrogen and oxygen atoms in total. The van der Waals surface area contributed by atoms with Crippen LogP contribution in [0.5, 0.6) is 0 Å². The lowest BCUT2D eigenvalue weighted by atomic mass is 9.75. The van der Waals surface area contributed by atoms with Crippen LogP contribution < -0.4 is 11.1 Å². The predicted molar refractivity (Wildman–Crippen MR) is 83.1 cm³/mol. The van der Waals surface area contributed by atoms with Crippen LogP contribution in [0, 0.1) is 17.8 Å². The van der Waals surface area contributed by atoms with Gasteiger partial charge in [-0.05, 0) is 50.4 Å². The Hall–Kier alpha value is -1.09. The van der Waals surface area contributed by atoms with Crippen molar-refractivity contribution in [3.63, 3.8) is 0 Å². The van der Waals surface area contributed by atoms with Crippen LogP contribution in [0.3, 0.4) is 0 Å².